The number of amides is 4. The molecule has 2 aromatic rings. The number of nitrogens with one attached hydrogen (secondary N) is 3. The van der Waals surface area contributed by atoms with Gasteiger partial charge in [-0.25, -0.2) is 4.79 Å². The Balaban J connectivity index is 1.46. The number of urea groups is 1. The average Bonchev–Trinajstić information content (AvgIpc) is 3.16. The molecule has 1 saturated heterocycles. The average molecular weight is 355 g/mol. The van der Waals surface area contributed by atoms with E-state index >= 15 is 0 Å². The second-order valence-corrected chi connectivity index (χ2v) is 7.16. The smallest absolute Gasteiger partial charge is 0.325 e. The van der Waals surface area contributed by atoms with Gasteiger partial charge in [-0.05, 0) is 37.0 Å². The van der Waals surface area contributed by atoms with E-state index in [1.807, 2.05) is 13.0 Å². The van der Waals surface area contributed by atoms with Crippen molar-refractivity contribution in [2.75, 3.05) is 11.9 Å². The first-order valence-corrected chi connectivity index (χ1v) is 8.87. The molecular weight excluding hydrogens is 334 g/mol. The highest BCUT2D eigenvalue weighted by atomic mass is 16.2. The van der Waals surface area contributed by atoms with Crippen LogP contribution < -0.4 is 10.6 Å². The topological polar surface area (TPSA) is 107 Å². The van der Waals surface area contributed by atoms with Gasteiger partial charge in [0.2, 0.25) is 5.91 Å². The second kappa shape index (κ2) is 6.12. The lowest BCUT2D eigenvalue weighted by molar-refractivity contribution is -0.136. The first kappa shape index (κ1) is 16.6. The third-order valence-electron chi connectivity index (χ3n) is 5.53. The molecule has 4 rings (SSSR count). The lowest BCUT2D eigenvalue weighted by Crippen LogP contribution is -2.54. The molecule has 2 fully saturated rings. The van der Waals surface area contributed by atoms with E-state index in [9.17, 15) is 14.4 Å². The Bertz CT molecular complexity index is 892. The molecule has 0 bridgehead atoms. The summed E-state index contributed by atoms with van der Waals surface area (Å²) < 4.78 is 0. The third-order valence-corrected chi connectivity index (χ3v) is 5.53. The summed E-state index contributed by atoms with van der Waals surface area (Å²) in [4.78, 5) is 38.6. The standard InChI is InChI=1S/C18H21N5O3/c1-11-4-2-3-7-18(11)16(25)23(17(26)21-18)10-15(24)20-13-5-6-14-12(8-13)9-19-22-14/h5-6,8-9,11H,2-4,7,10H2,1H3,(H,19,22)(H,20,24)(H,21,26). The van der Waals surface area contributed by atoms with Crippen LogP contribution in [0.25, 0.3) is 10.9 Å². The maximum Gasteiger partial charge on any atom is 0.325 e. The number of fused-ring (bicyclic) bond motifs is 1. The number of hydrogen-bond donors (Lipinski definition) is 3. The maximum atomic E-state index is 12.9. The predicted octanol–water partition coefficient (Wildman–Crippen LogP) is 2.00. The molecule has 1 aromatic heterocycles. The van der Waals surface area contributed by atoms with Crippen molar-refractivity contribution in [2.24, 2.45) is 5.92 Å². The number of carbonyl (C=O) groups excluding carboxylic acids is 3. The number of anilines is 1. The Morgan fingerprint density at radius 3 is 3.04 bits per heavy atom. The number of benzene rings is 1. The zero-order valence-electron chi connectivity index (χ0n) is 14.5. The van der Waals surface area contributed by atoms with Crippen molar-refractivity contribution in [3.63, 3.8) is 0 Å². The van der Waals surface area contributed by atoms with Gasteiger partial charge in [0, 0.05) is 11.1 Å². The highest BCUT2D eigenvalue weighted by molar-refractivity contribution is 6.10. The number of hydrogen-bond acceptors (Lipinski definition) is 4. The molecular formula is C18H21N5O3. The third kappa shape index (κ3) is 2.61. The van der Waals surface area contributed by atoms with Crippen LogP contribution in [-0.2, 0) is 9.59 Å². The van der Waals surface area contributed by atoms with Crippen LogP contribution in [0, 0.1) is 5.92 Å². The van der Waals surface area contributed by atoms with Gasteiger partial charge in [0.05, 0.1) is 11.7 Å². The highest BCUT2D eigenvalue weighted by Gasteiger charge is 2.55. The second-order valence-electron chi connectivity index (χ2n) is 7.16. The van der Waals surface area contributed by atoms with Crippen LogP contribution in [0.15, 0.2) is 24.4 Å². The number of rotatable bonds is 3. The molecule has 3 N–H and O–H groups in total. The normalized spacial score (nSPS) is 25.7. The molecule has 0 radical (unpaired) electrons. The van der Waals surface area contributed by atoms with Gasteiger partial charge in [-0.2, -0.15) is 5.10 Å². The van der Waals surface area contributed by atoms with Crippen molar-refractivity contribution >= 4 is 34.4 Å². The Morgan fingerprint density at radius 1 is 1.38 bits per heavy atom. The lowest BCUT2D eigenvalue weighted by Gasteiger charge is -2.36. The first-order chi connectivity index (χ1) is 12.5. The molecule has 26 heavy (non-hydrogen) atoms. The summed E-state index contributed by atoms with van der Waals surface area (Å²) in [5, 5.41) is 13.2. The van der Waals surface area contributed by atoms with Crippen molar-refractivity contribution in [3.8, 4) is 0 Å². The van der Waals surface area contributed by atoms with Crippen LogP contribution in [0.4, 0.5) is 10.5 Å². The number of nitrogens with zero attached hydrogens (tertiary/aromatic N) is 2. The fourth-order valence-electron chi connectivity index (χ4n) is 4.00. The molecule has 8 heteroatoms. The number of aromatic nitrogens is 2. The summed E-state index contributed by atoms with van der Waals surface area (Å²) in [5.74, 6) is -0.615. The molecule has 2 unspecified atom stereocenters. The predicted molar refractivity (Wildman–Crippen MR) is 95.3 cm³/mol. The van der Waals surface area contributed by atoms with Crippen LogP contribution in [-0.4, -0.2) is 45.0 Å². The van der Waals surface area contributed by atoms with Crippen molar-refractivity contribution in [1.29, 1.82) is 0 Å². The number of aromatic amines is 1. The van der Waals surface area contributed by atoms with Crippen molar-refractivity contribution in [1.82, 2.24) is 20.4 Å². The quantitative estimate of drug-likeness (QED) is 0.732. The molecule has 1 aliphatic carbocycles. The van der Waals surface area contributed by atoms with Gasteiger partial charge in [-0.15, -0.1) is 0 Å². The van der Waals surface area contributed by atoms with Gasteiger partial charge in [-0.3, -0.25) is 19.6 Å². The summed E-state index contributed by atoms with van der Waals surface area (Å²) in [7, 11) is 0. The number of carbonyl (C=O) groups is 3. The molecule has 1 aromatic carbocycles. The molecule has 1 aliphatic heterocycles. The van der Waals surface area contributed by atoms with Crippen LogP contribution in [0.1, 0.15) is 32.6 Å². The minimum Gasteiger partial charge on any atom is -0.325 e. The Hall–Kier alpha value is -2.90. The largest absolute Gasteiger partial charge is 0.325 e. The minimum atomic E-state index is -0.842. The molecule has 2 atom stereocenters. The molecule has 2 heterocycles. The van der Waals surface area contributed by atoms with Crippen LogP contribution in [0.3, 0.4) is 0 Å². The van der Waals surface area contributed by atoms with Gasteiger partial charge in [0.25, 0.3) is 5.91 Å². The molecule has 8 nitrogen and oxygen atoms in total. The lowest BCUT2D eigenvalue weighted by atomic mass is 9.73. The summed E-state index contributed by atoms with van der Waals surface area (Å²) in [6, 6.07) is 4.86. The van der Waals surface area contributed by atoms with Gasteiger partial charge < -0.3 is 10.6 Å². The van der Waals surface area contributed by atoms with E-state index in [0.29, 0.717) is 12.1 Å². The minimum absolute atomic E-state index is 0.0734. The van der Waals surface area contributed by atoms with Crippen molar-refractivity contribution < 1.29 is 14.4 Å². The fourth-order valence-corrected chi connectivity index (χ4v) is 4.00. The van der Waals surface area contributed by atoms with E-state index in [1.54, 1.807) is 18.3 Å². The van der Waals surface area contributed by atoms with E-state index in [1.165, 1.54) is 0 Å². The van der Waals surface area contributed by atoms with Crippen LogP contribution in [0.2, 0.25) is 0 Å². The van der Waals surface area contributed by atoms with Gasteiger partial charge >= 0.3 is 6.03 Å². The molecule has 2 aliphatic rings. The van der Waals surface area contributed by atoms with Crippen molar-refractivity contribution in [3.05, 3.63) is 24.4 Å². The molecule has 1 saturated carbocycles. The fraction of sp³-hybridized carbons (Fsp3) is 0.444. The molecule has 4 amide bonds. The SMILES string of the molecule is CC1CCCCC12NC(=O)N(CC(=O)Nc1ccc3[nH]ncc3c1)C2=O. The first-order valence-electron chi connectivity index (χ1n) is 8.87. The highest BCUT2D eigenvalue weighted by Crippen LogP contribution is 2.38. The van der Waals surface area contributed by atoms with Crippen LogP contribution in [0.5, 0.6) is 0 Å². The Morgan fingerprint density at radius 2 is 2.23 bits per heavy atom. The van der Waals surface area contributed by atoms with Crippen LogP contribution >= 0.6 is 0 Å². The maximum absolute atomic E-state index is 12.9. The summed E-state index contributed by atoms with van der Waals surface area (Å²) in [5.41, 5.74) is 0.618. The van der Waals surface area contributed by atoms with E-state index in [-0.39, 0.29) is 18.4 Å². The molecule has 1 spiro atoms. The van der Waals surface area contributed by atoms with Gasteiger partial charge in [-0.1, -0.05) is 19.8 Å². The Labute approximate surface area is 150 Å². The summed E-state index contributed by atoms with van der Waals surface area (Å²) >= 11 is 0. The molecule has 136 valence electrons. The number of imide groups is 1. The van der Waals surface area contributed by atoms with Gasteiger partial charge in [0.15, 0.2) is 0 Å². The van der Waals surface area contributed by atoms with E-state index < -0.39 is 17.5 Å². The number of H-pyrrole nitrogens is 1. The monoisotopic (exact) mass is 355 g/mol. The summed E-state index contributed by atoms with van der Waals surface area (Å²) in [6.07, 6.45) is 5.16. The summed E-state index contributed by atoms with van der Waals surface area (Å²) in [6.45, 7) is 1.70. The van der Waals surface area contributed by atoms with E-state index in [2.05, 4.69) is 20.8 Å². The Kier molecular flexibility index (Phi) is 3.90. The van der Waals surface area contributed by atoms with Gasteiger partial charge in [0.1, 0.15) is 12.1 Å². The van der Waals surface area contributed by atoms with Crippen molar-refractivity contribution in [2.45, 2.75) is 38.1 Å². The van der Waals surface area contributed by atoms with E-state index in [4.69, 9.17) is 0 Å². The van der Waals surface area contributed by atoms with E-state index in [0.717, 1.165) is 35.1 Å². The zero-order chi connectivity index (χ0) is 18.3. The zero-order valence-corrected chi connectivity index (χ0v) is 14.5.